The van der Waals surface area contributed by atoms with Gasteiger partial charge in [0.1, 0.15) is 17.4 Å². The van der Waals surface area contributed by atoms with Gasteiger partial charge in [0.25, 0.3) is 0 Å². The normalized spacial score (nSPS) is 30.2. The van der Waals surface area contributed by atoms with Gasteiger partial charge in [-0.15, -0.1) is 0 Å². The fourth-order valence-corrected chi connectivity index (χ4v) is 6.26. The lowest BCUT2D eigenvalue weighted by Crippen LogP contribution is -2.68. The Morgan fingerprint density at radius 3 is 2.81 bits per heavy atom. The second kappa shape index (κ2) is 7.07. The molecule has 4 atom stereocenters. The van der Waals surface area contributed by atoms with E-state index in [4.69, 9.17) is 4.98 Å². The van der Waals surface area contributed by atoms with Gasteiger partial charge in [0, 0.05) is 50.8 Å². The van der Waals surface area contributed by atoms with Crippen molar-refractivity contribution in [1.82, 2.24) is 24.8 Å². The third-order valence-corrected chi connectivity index (χ3v) is 7.52. The number of rotatable bonds is 2. The summed E-state index contributed by atoms with van der Waals surface area (Å²) in [5, 5.41) is 0. The van der Waals surface area contributed by atoms with Gasteiger partial charge >= 0.3 is 0 Å². The van der Waals surface area contributed by atoms with Crippen LogP contribution >= 0.6 is 0 Å². The summed E-state index contributed by atoms with van der Waals surface area (Å²) < 4.78 is 0. The first-order valence-electron chi connectivity index (χ1n) is 11.4. The maximum absolute atomic E-state index is 13.6. The molecule has 1 N–H and O–H groups in total. The van der Waals surface area contributed by atoms with Gasteiger partial charge in [-0.2, -0.15) is 0 Å². The third kappa shape index (κ3) is 2.95. The Kier molecular flexibility index (Phi) is 4.30. The fourth-order valence-electron chi connectivity index (χ4n) is 6.26. The lowest BCUT2D eigenvalue weighted by molar-refractivity contribution is -0.160. The van der Waals surface area contributed by atoms with Crippen molar-refractivity contribution in [3.63, 3.8) is 0 Å². The van der Waals surface area contributed by atoms with Crippen molar-refractivity contribution in [3.8, 4) is 0 Å². The minimum Gasteiger partial charge on any atom is -0.357 e. The van der Waals surface area contributed by atoms with Crippen LogP contribution in [-0.4, -0.2) is 74.8 Å². The van der Waals surface area contributed by atoms with Gasteiger partial charge in [-0.1, -0.05) is 12.2 Å². The number of nitrogens with zero attached hydrogens (tertiary/aromatic N) is 5. The first-order chi connectivity index (χ1) is 15.1. The molecule has 0 spiro atoms. The fraction of sp³-hybridized carbons (Fsp3) is 0.565. The van der Waals surface area contributed by atoms with E-state index < -0.39 is 0 Å². The Balaban J connectivity index is 1.38. The molecule has 0 aliphatic carbocycles. The molecule has 2 aromatic heterocycles. The minimum absolute atomic E-state index is 0.111. The van der Waals surface area contributed by atoms with E-state index in [1.54, 1.807) is 0 Å². The van der Waals surface area contributed by atoms with Crippen molar-refractivity contribution < 1.29 is 9.59 Å². The summed E-state index contributed by atoms with van der Waals surface area (Å²) in [6.07, 6.45) is 9.45. The quantitative estimate of drug-likeness (QED) is 0.750. The van der Waals surface area contributed by atoms with Crippen LogP contribution in [0.4, 0.5) is 5.82 Å². The van der Waals surface area contributed by atoms with Crippen molar-refractivity contribution in [2.24, 2.45) is 11.8 Å². The Hall–Kier alpha value is -2.90. The monoisotopic (exact) mass is 420 g/mol. The molecule has 3 saturated heterocycles. The van der Waals surface area contributed by atoms with E-state index in [1.165, 1.54) is 0 Å². The number of hydrogen-bond donors (Lipinski definition) is 1. The number of aromatic amines is 1. The number of carbonyl (C=O) groups excluding carboxylic acids is 2. The van der Waals surface area contributed by atoms with E-state index in [0.717, 1.165) is 55.0 Å². The van der Waals surface area contributed by atoms with Crippen molar-refractivity contribution in [3.05, 3.63) is 30.2 Å². The number of anilines is 1. The molecule has 2 aromatic rings. The molecule has 8 nitrogen and oxygen atoms in total. The number of hydrogen-bond acceptors (Lipinski definition) is 5. The van der Waals surface area contributed by atoms with Crippen LogP contribution in [0.25, 0.3) is 11.0 Å². The molecule has 3 fully saturated rings. The van der Waals surface area contributed by atoms with E-state index in [2.05, 4.69) is 14.9 Å². The van der Waals surface area contributed by atoms with Crippen LogP contribution in [-0.2, 0) is 9.59 Å². The summed E-state index contributed by atoms with van der Waals surface area (Å²) in [5.74, 6) is 2.43. The predicted octanol–water partition coefficient (Wildman–Crippen LogP) is 1.87. The van der Waals surface area contributed by atoms with Crippen LogP contribution in [0.3, 0.4) is 0 Å². The smallest absolute Gasteiger partial charge is 0.246 e. The topological polar surface area (TPSA) is 85.4 Å². The van der Waals surface area contributed by atoms with Gasteiger partial charge < -0.3 is 19.7 Å². The molecule has 6 rings (SSSR count). The Morgan fingerprint density at radius 2 is 1.97 bits per heavy atom. The first kappa shape index (κ1) is 18.8. The molecule has 2 amide bonds. The van der Waals surface area contributed by atoms with Crippen molar-refractivity contribution >= 4 is 28.7 Å². The highest BCUT2D eigenvalue weighted by Crippen LogP contribution is 2.43. The maximum atomic E-state index is 13.6. The summed E-state index contributed by atoms with van der Waals surface area (Å²) in [4.78, 5) is 45.5. The lowest BCUT2D eigenvalue weighted by Gasteiger charge is -2.56. The van der Waals surface area contributed by atoms with Crippen LogP contribution in [0.5, 0.6) is 0 Å². The summed E-state index contributed by atoms with van der Waals surface area (Å²) >= 11 is 0. The predicted molar refractivity (Wildman–Crippen MR) is 116 cm³/mol. The van der Waals surface area contributed by atoms with Gasteiger partial charge in [-0.25, -0.2) is 9.97 Å². The number of aryl methyl sites for hydroxylation is 1. The molecule has 4 aliphatic heterocycles. The second-order valence-corrected chi connectivity index (χ2v) is 9.41. The van der Waals surface area contributed by atoms with Gasteiger partial charge in [-0.3, -0.25) is 9.59 Å². The van der Waals surface area contributed by atoms with E-state index in [0.29, 0.717) is 25.4 Å². The van der Waals surface area contributed by atoms with Gasteiger partial charge in [0.15, 0.2) is 5.82 Å². The highest BCUT2D eigenvalue weighted by molar-refractivity contribution is 5.90. The lowest BCUT2D eigenvalue weighted by atomic mass is 9.71. The largest absolute Gasteiger partial charge is 0.357 e. The maximum Gasteiger partial charge on any atom is 0.246 e. The van der Waals surface area contributed by atoms with E-state index in [1.807, 2.05) is 41.1 Å². The average molecular weight is 421 g/mol. The zero-order valence-corrected chi connectivity index (χ0v) is 17.8. The molecule has 31 heavy (non-hydrogen) atoms. The number of H-pyrrole nitrogens is 1. The van der Waals surface area contributed by atoms with Gasteiger partial charge in [0.05, 0.1) is 5.52 Å². The average Bonchev–Trinajstić information content (AvgIpc) is 3.45. The molecule has 4 aliphatic rings. The van der Waals surface area contributed by atoms with Crippen LogP contribution < -0.4 is 4.90 Å². The van der Waals surface area contributed by atoms with Gasteiger partial charge in [0.2, 0.25) is 11.8 Å². The minimum atomic E-state index is -0.362. The number of piperidine rings is 3. The molecule has 162 valence electrons. The van der Waals surface area contributed by atoms with E-state index in [9.17, 15) is 9.59 Å². The number of carbonyl (C=O) groups is 2. The summed E-state index contributed by atoms with van der Waals surface area (Å²) in [5.41, 5.74) is 1.87. The number of fused-ring (bicyclic) bond motifs is 5. The van der Waals surface area contributed by atoms with E-state index in [-0.39, 0.29) is 29.8 Å². The number of amides is 2. The highest BCUT2D eigenvalue weighted by atomic mass is 16.2. The van der Waals surface area contributed by atoms with Crippen molar-refractivity contribution in [1.29, 1.82) is 0 Å². The Labute approximate surface area is 181 Å². The Bertz CT molecular complexity index is 1070. The number of aromatic nitrogens is 3. The van der Waals surface area contributed by atoms with Crippen LogP contribution in [0, 0.1) is 18.8 Å². The molecule has 6 heterocycles. The van der Waals surface area contributed by atoms with Crippen molar-refractivity contribution in [2.45, 2.75) is 44.7 Å². The first-order valence-corrected chi connectivity index (χ1v) is 11.4. The van der Waals surface area contributed by atoms with Crippen molar-refractivity contribution in [2.75, 3.05) is 31.1 Å². The molecule has 8 heteroatoms. The molecule has 0 saturated carbocycles. The summed E-state index contributed by atoms with van der Waals surface area (Å²) in [7, 11) is 0. The second-order valence-electron chi connectivity index (χ2n) is 9.41. The van der Waals surface area contributed by atoms with Crippen LogP contribution in [0.1, 0.15) is 31.5 Å². The van der Waals surface area contributed by atoms with Crippen LogP contribution in [0.15, 0.2) is 24.4 Å². The summed E-state index contributed by atoms with van der Waals surface area (Å²) in [6.45, 7) is 4.82. The molecule has 0 unspecified atom stereocenters. The SMILES string of the molecule is Cc1nc(N2C[C@@H]3C[C@H](C2)[C@H](C(=O)N2CC=CC2)N2C(=O)CCC[C@@H]32)c2[nH]ccc2n1. The highest BCUT2D eigenvalue weighted by Gasteiger charge is 2.53. The zero-order chi connectivity index (χ0) is 21.1. The third-order valence-electron chi connectivity index (χ3n) is 7.52. The summed E-state index contributed by atoms with van der Waals surface area (Å²) in [6, 6.07) is 1.76. The Morgan fingerprint density at radius 1 is 1.16 bits per heavy atom. The number of nitrogens with one attached hydrogen (secondary N) is 1. The van der Waals surface area contributed by atoms with Gasteiger partial charge in [-0.05, 0) is 38.2 Å². The zero-order valence-electron chi connectivity index (χ0n) is 17.8. The van der Waals surface area contributed by atoms with Crippen LogP contribution in [0.2, 0.25) is 0 Å². The van der Waals surface area contributed by atoms with E-state index >= 15 is 0 Å². The molecule has 2 bridgehead atoms. The molecule has 0 aromatic carbocycles. The molecular formula is C23H28N6O2. The molecular weight excluding hydrogens is 392 g/mol. The standard InChI is InChI=1S/C23H28N6O2/c1-14-25-17-7-8-24-20(17)22(26-14)28-12-15-11-16(13-28)21(23(31)27-9-2-3-10-27)29-18(15)5-4-6-19(29)30/h2-3,7-8,15-16,18,21,24H,4-6,9-13H2,1H3/t15-,16+,18-,21+/m0/s1. The molecule has 0 radical (unpaired) electrons.